The number of ether oxygens (including phenoxy) is 1. The van der Waals surface area contributed by atoms with Crippen LogP contribution in [0.4, 0.5) is 0 Å². The summed E-state index contributed by atoms with van der Waals surface area (Å²) in [5, 5.41) is 0. The van der Waals surface area contributed by atoms with Crippen molar-refractivity contribution in [2.45, 2.75) is 65.5 Å². The Bertz CT molecular complexity index is 1250. The molecule has 3 aromatic rings. The monoisotopic (exact) mass is 481 g/mol. The molecular weight excluding hydrogens is 446 g/mol. The smallest absolute Gasteiger partial charge is 0.336 e. The number of allylic oxidation sites excluding steroid dienone is 1. The van der Waals surface area contributed by atoms with Gasteiger partial charge in [0.05, 0.1) is 12.1 Å². The Kier molecular flexibility index (Phi) is 7.44. The first-order valence-corrected chi connectivity index (χ1v) is 12.5. The number of carbonyl (C=O) groups is 2. The Labute approximate surface area is 214 Å². The molecule has 0 fully saturated rings. The summed E-state index contributed by atoms with van der Waals surface area (Å²) in [6.45, 7) is 11.0. The highest BCUT2D eigenvalue weighted by atomic mass is 16.5. The van der Waals surface area contributed by atoms with Crippen molar-refractivity contribution in [2.75, 3.05) is 0 Å². The maximum atomic E-state index is 13.5. The van der Waals surface area contributed by atoms with Gasteiger partial charge in [0.15, 0.2) is 0 Å². The van der Waals surface area contributed by atoms with Crippen molar-refractivity contribution < 1.29 is 14.3 Å². The van der Waals surface area contributed by atoms with E-state index >= 15 is 0 Å². The van der Waals surface area contributed by atoms with Gasteiger partial charge in [-0.25, -0.2) is 4.79 Å². The number of rotatable bonds is 6. The predicted octanol–water partition coefficient (Wildman–Crippen LogP) is 6.83. The summed E-state index contributed by atoms with van der Waals surface area (Å²) in [5.41, 5.74) is 6.53. The summed E-state index contributed by atoms with van der Waals surface area (Å²) in [6.07, 6.45) is 0.230. The minimum Gasteiger partial charge on any atom is -0.457 e. The molecule has 3 aromatic carbocycles. The lowest BCUT2D eigenvalue weighted by Gasteiger charge is -2.35. The Morgan fingerprint density at radius 2 is 1.53 bits per heavy atom. The third-order valence-corrected chi connectivity index (χ3v) is 6.90. The number of carbonyl (C=O) groups excluding carboxylic acids is 2. The zero-order chi connectivity index (χ0) is 25.9. The van der Waals surface area contributed by atoms with Gasteiger partial charge >= 0.3 is 5.97 Å². The molecule has 4 nitrogen and oxygen atoms in total. The Morgan fingerprint density at radius 3 is 2.14 bits per heavy atom. The molecular formula is C32H35NO3. The zero-order valence-corrected chi connectivity index (χ0v) is 21.9. The maximum Gasteiger partial charge on any atom is 0.336 e. The molecule has 1 amide bonds. The summed E-state index contributed by atoms with van der Waals surface area (Å²) < 4.78 is 5.78. The van der Waals surface area contributed by atoms with Crippen LogP contribution in [0.25, 0.3) is 0 Å². The van der Waals surface area contributed by atoms with Gasteiger partial charge in [0.2, 0.25) is 5.91 Å². The topological polar surface area (TPSA) is 46.6 Å². The van der Waals surface area contributed by atoms with Gasteiger partial charge in [-0.2, -0.15) is 0 Å². The summed E-state index contributed by atoms with van der Waals surface area (Å²) in [4.78, 5) is 28.6. The van der Waals surface area contributed by atoms with E-state index in [9.17, 15) is 9.59 Å². The van der Waals surface area contributed by atoms with Gasteiger partial charge < -0.3 is 9.64 Å². The van der Waals surface area contributed by atoms with Crippen LogP contribution in [-0.2, 0) is 32.9 Å². The van der Waals surface area contributed by atoms with Crippen LogP contribution >= 0.6 is 0 Å². The molecule has 1 aliphatic heterocycles. The van der Waals surface area contributed by atoms with Crippen LogP contribution in [0.2, 0.25) is 0 Å². The first kappa shape index (κ1) is 25.4. The van der Waals surface area contributed by atoms with Gasteiger partial charge in [0, 0.05) is 18.0 Å². The molecule has 1 atom stereocenters. The average Bonchev–Trinajstić information content (AvgIpc) is 2.86. The highest BCUT2D eigenvalue weighted by Crippen LogP contribution is 2.38. The molecule has 0 radical (unpaired) electrons. The van der Waals surface area contributed by atoms with Gasteiger partial charge in [-0.05, 0) is 41.5 Å². The molecule has 4 heteroatoms. The fourth-order valence-electron chi connectivity index (χ4n) is 4.65. The molecule has 4 rings (SSSR count). The molecule has 0 N–H and O–H groups in total. The first-order chi connectivity index (χ1) is 17.1. The van der Waals surface area contributed by atoms with E-state index in [1.165, 1.54) is 11.1 Å². The van der Waals surface area contributed by atoms with Crippen LogP contribution in [0.5, 0.6) is 0 Å². The van der Waals surface area contributed by atoms with E-state index in [4.69, 9.17) is 4.74 Å². The van der Waals surface area contributed by atoms with Gasteiger partial charge in [-0.3, -0.25) is 4.79 Å². The second kappa shape index (κ2) is 10.5. The summed E-state index contributed by atoms with van der Waals surface area (Å²) >= 11 is 0. The van der Waals surface area contributed by atoms with Crippen molar-refractivity contribution in [3.63, 3.8) is 0 Å². The molecule has 0 aromatic heterocycles. The minimum absolute atomic E-state index is 0.0117. The number of esters is 1. The Morgan fingerprint density at radius 1 is 0.889 bits per heavy atom. The number of hydrogen-bond donors (Lipinski definition) is 0. The number of amides is 1. The van der Waals surface area contributed by atoms with Gasteiger partial charge in [0.25, 0.3) is 0 Å². The molecule has 0 aliphatic carbocycles. The number of aryl methyl sites for hydroxylation is 1. The highest BCUT2D eigenvalue weighted by molar-refractivity contribution is 5.95. The van der Waals surface area contributed by atoms with Crippen molar-refractivity contribution in [3.8, 4) is 0 Å². The lowest BCUT2D eigenvalue weighted by Crippen LogP contribution is -2.38. The Hall–Kier alpha value is -3.66. The predicted molar refractivity (Wildman–Crippen MR) is 143 cm³/mol. The number of benzene rings is 3. The summed E-state index contributed by atoms with van der Waals surface area (Å²) in [6, 6.07) is 26.1. The lowest BCUT2D eigenvalue weighted by molar-refractivity contribution is -0.141. The number of hydrogen-bond acceptors (Lipinski definition) is 3. The van der Waals surface area contributed by atoms with Crippen molar-refractivity contribution in [3.05, 3.63) is 118 Å². The van der Waals surface area contributed by atoms with Crippen molar-refractivity contribution in [1.82, 2.24) is 4.90 Å². The van der Waals surface area contributed by atoms with E-state index in [0.717, 1.165) is 16.7 Å². The summed E-state index contributed by atoms with van der Waals surface area (Å²) in [5.74, 6) is -0.704. The van der Waals surface area contributed by atoms with Crippen molar-refractivity contribution in [1.29, 1.82) is 0 Å². The van der Waals surface area contributed by atoms with Gasteiger partial charge in [-0.15, -0.1) is 0 Å². The van der Waals surface area contributed by atoms with Crippen molar-refractivity contribution in [2.24, 2.45) is 0 Å². The van der Waals surface area contributed by atoms with Gasteiger partial charge in [0.1, 0.15) is 6.61 Å². The molecule has 1 aliphatic rings. The lowest BCUT2D eigenvalue weighted by atomic mass is 9.81. The summed E-state index contributed by atoms with van der Waals surface area (Å²) in [7, 11) is 0. The SMILES string of the molecule is CC1=C(C(=O)OCc2ccccc2)C(c2ccc(C(C)(C)C)cc2)CC(=O)N1Cc1ccc(C)cc1. The fraction of sp³-hybridized carbons (Fsp3) is 0.312. The van der Waals surface area contributed by atoms with E-state index in [1.54, 1.807) is 4.90 Å². The second-order valence-electron chi connectivity index (χ2n) is 10.7. The van der Waals surface area contributed by atoms with Crippen LogP contribution in [-0.4, -0.2) is 16.8 Å². The van der Waals surface area contributed by atoms with Crippen LogP contribution in [0.3, 0.4) is 0 Å². The molecule has 0 saturated heterocycles. The normalized spacial score (nSPS) is 16.3. The average molecular weight is 482 g/mol. The van der Waals surface area contributed by atoms with Crippen LogP contribution in [0.1, 0.15) is 67.9 Å². The van der Waals surface area contributed by atoms with Crippen LogP contribution in [0.15, 0.2) is 90.1 Å². The molecule has 36 heavy (non-hydrogen) atoms. The molecule has 186 valence electrons. The molecule has 1 heterocycles. The zero-order valence-electron chi connectivity index (χ0n) is 21.9. The molecule has 0 bridgehead atoms. The minimum atomic E-state index is -0.373. The molecule has 0 saturated carbocycles. The van der Waals surface area contributed by atoms with E-state index in [0.29, 0.717) is 17.8 Å². The van der Waals surface area contributed by atoms with Gasteiger partial charge in [-0.1, -0.05) is 105 Å². The quantitative estimate of drug-likeness (QED) is 0.363. The second-order valence-corrected chi connectivity index (χ2v) is 10.7. The van der Waals surface area contributed by atoms with E-state index in [2.05, 4.69) is 32.9 Å². The van der Waals surface area contributed by atoms with E-state index in [1.807, 2.05) is 80.6 Å². The standard InChI is InChI=1S/C32H35NO3/c1-22-11-13-24(14-12-22)20-33-23(2)30(31(35)36-21-25-9-7-6-8-10-25)28(19-29(33)34)26-15-17-27(18-16-26)32(3,4)5/h6-18,28H,19-21H2,1-5H3. The van der Waals surface area contributed by atoms with E-state index in [-0.39, 0.29) is 36.2 Å². The van der Waals surface area contributed by atoms with Crippen LogP contribution in [0, 0.1) is 6.92 Å². The Balaban J connectivity index is 1.68. The highest BCUT2D eigenvalue weighted by Gasteiger charge is 2.37. The fourth-order valence-corrected chi connectivity index (χ4v) is 4.65. The maximum absolute atomic E-state index is 13.5. The first-order valence-electron chi connectivity index (χ1n) is 12.5. The molecule has 1 unspecified atom stereocenters. The van der Waals surface area contributed by atoms with Crippen molar-refractivity contribution >= 4 is 11.9 Å². The third kappa shape index (κ3) is 5.76. The van der Waals surface area contributed by atoms with E-state index < -0.39 is 0 Å². The number of nitrogens with zero attached hydrogens (tertiary/aromatic N) is 1. The molecule has 0 spiro atoms. The van der Waals surface area contributed by atoms with Crippen LogP contribution < -0.4 is 0 Å². The third-order valence-electron chi connectivity index (χ3n) is 6.90. The largest absolute Gasteiger partial charge is 0.457 e.